The fourth-order valence-electron chi connectivity index (χ4n) is 1.87. The lowest BCUT2D eigenvalue weighted by atomic mass is 10.0. The van der Waals surface area contributed by atoms with E-state index in [4.69, 9.17) is 9.47 Å². The van der Waals surface area contributed by atoms with Crippen LogP contribution in [0, 0.1) is 0 Å². The fraction of sp³-hybridized carbons (Fsp3) is 0.500. The predicted octanol–water partition coefficient (Wildman–Crippen LogP) is 2.89. The number of rotatable bonds is 3. The highest BCUT2D eigenvalue weighted by molar-refractivity contribution is 5.77. The first-order valence-corrected chi connectivity index (χ1v) is 6.10. The molecular formula is C14H18O3. The minimum absolute atomic E-state index is 0.278. The van der Waals surface area contributed by atoms with Gasteiger partial charge in [-0.25, -0.2) is 4.79 Å². The summed E-state index contributed by atoms with van der Waals surface area (Å²) in [6, 6.07) is 7.65. The number of hydrogen-bond acceptors (Lipinski definition) is 3. The molecule has 1 fully saturated rings. The first-order chi connectivity index (χ1) is 8.16. The lowest BCUT2D eigenvalue weighted by molar-refractivity contribution is -0.144. The summed E-state index contributed by atoms with van der Waals surface area (Å²) >= 11 is 0. The molecule has 3 nitrogen and oxygen atoms in total. The smallest absolute Gasteiger partial charge is 0.340 e. The van der Waals surface area contributed by atoms with Gasteiger partial charge in [-0.2, -0.15) is 0 Å². The van der Waals surface area contributed by atoms with Crippen molar-refractivity contribution in [3.63, 3.8) is 0 Å². The SMILES string of the molecule is CC(C)c1ccc(OC(=O)C2CCCO2)cc1. The van der Waals surface area contributed by atoms with Crippen LogP contribution in [0.5, 0.6) is 5.75 Å². The van der Waals surface area contributed by atoms with Crippen LogP contribution in [-0.2, 0) is 9.53 Å². The van der Waals surface area contributed by atoms with Crippen molar-refractivity contribution in [2.45, 2.75) is 38.7 Å². The molecule has 92 valence electrons. The van der Waals surface area contributed by atoms with Gasteiger partial charge in [0.1, 0.15) is 5.75 Å². The molecule has 1 unspecified atom stereocenters. The quantitative estimate of drug-likeness (QED) is 0.596. The normalized spacial score (nSPS) is 19.6. The second kappa shape index (κ2) is 5.32. The largest absolute Gasteiger partial charge is 0.425 e. The van der Waals surface area contributed by atoms with Crippen molar-refractivity contribution in [2.24, 2.45) is 0 Å². The van der Waals surface area contributed by atoms with E-state index < -0.39 is 0 Å². The van der Waals surface area contributed by atoms with Gasteiger partial charge in [-0.1, -0.05) is 26.0 Å². The van der Waals surface area contributed by atoms with Crippen molar-refractivity contribution < 1.29 is 14.3 Å². The Morgan fingerprint density at radius 2 is 2.06 bits per heavy atom. The van der Waals surface area contributed by atoms with Gasteiger partial charge >= 0.3 is 5.97 Å². The molecule has 0 spiro atoms. The monoisotopic (exact) mass is 234 g/mol. The van der Waals surface area contributed by atoms with Crippen LogP contribution in [0.4, 0.5) is 0 Å². The summed E-state index contributed by atoms with van der Waals surface area (Å²) in [6.07, 6.45) is 1.33. The highest BCUT2D eigenvalue weighted by atomic mass is 16.6. The molecule has 0 aromatic heterocycles. The average molecular weight is 234 g/mol. The minimum Gasteiger partial charge on any atom is -0.425 e. The Morgan fingerprint density at radius 3 is 2.59 bits per heavy atom. The minimum atomic E-state index is -0.375. The third kappa shape index (κ3) is 3.07. The van der Waals surface area contributed by atoms with Crippen LogP contribution in [0.3, 0.4) is 0 Å². The molecule has 0 bridgehead atoms. The van der Waals surface area contributed by atoms with E-state index in [1.54, 1.807) is 0 Å². The highest BCUT2D eigenvalue weighted by Gasteiger charge is 2.25. The Kier molecular flexibility index (Phi) is 3.79. The highest BCUT2D eigenvalue weighted by Crippen LogP contribution is 2.20. The van der Waals surface area contributed by atoms with Crippen LogP contribution in [0.2, 0.25) is 0 Å². The second-order valence-electron chi connectivity index (χ2n) is 4.65. The van der Waals surface area contributed by atoms with Crippen LogP contribution >= 0.6 is 0 Å². The maximum absolute atomic E-state index is 11.7. The van der Waals surface area contributed by atoms with Crippen molar-refractivity contribution in [3.05, 3.63) is 29.8 Å². The van der Waals surface area contributed by atoms with Crippen LogP contribution in [0.1, 0.15) is 38.2 Å². The molecule has 1 aliphatic rings. The van der Waals surface area contributed by atoms with Crippen molar-refractivity contribution in [1.82, 2.24) is 0 Å². The van der Waals surface area contributed by atoms with Gasteiger partial charge in [-0.15, -0.1) is 0 Å². The zero-order valence-electron chi connectivity index (χ0n) is 10.3. The van der Waals surface area contributed by atoms with E-state index in [9.17, 15) is 4.79 Å². The van der Waals surface area contributed by atoms with Gasteiger partial charge in [0.05, 0.1) is 0 Å². The molecule has 1 heterocycles. The van der Waals surface area contributed by atoms with Crippen molar-refractivity contribution in [3.8, 4) is 5.75 Å². The van der Waals surface area contributed by atoms with E-state index >= 15 is 0 Å². The molecule has 0 N–H and O–H groups in total. The maximum atomic E-state index is 11.7. The summed E-state index contributed by atoms with van der Waals surface area (Å²) in [5.41, 5.74) is 1.24. The van der Waals surface area contributed by atoms with Gasteiger partial charge in [-0.3, -0.25) is 0 Å². The van der Waals surface area contributed by atoms with Crippen molar-refractivity contribution >= 4 is 5.97 Å². The van der Waals surface area contributed by atoms with Crippen LogP contribution < -0.4 is 4.74 Å². The van der Waals surface area contributed by atoms with E-state index in [1.807, 2.05) is 24.3 Å². The molecule has 1 aromatic rings. The van der Waals surface area contributed by atoms with Crippen LogP contribution in [0.25, 0.3) is 0 Å². The molecule has 17 heavy (non-hydrogen) atoms. The standard InChI is InChI=1S/C14H18O3/c1-10(2)11-5-7-12(8-6-11)17-14(15)13-4-3-9-16-13/h5-8,10,13H,3-4,9H2,1-2H3. The number of carbonyl (C=O) groups is 1. The van der Waals surface area contributed by atoms with Gasteiger partial charge in [0.25, 0.3) is 0 Å². The van der Waals surface area contributed by atoms with E-state index in [1.165, 1.54) is 5.56 Å². The summed E-state index contributed by atoms with van der Waals surface area (Å²) < 4.78 is 10.5. The summed E-state index contributed by atoms with van der Waals surface area (Å²) in [5.74, 6) is 0.799. The van der Waals surface area contributed by atoms with E-state index in [0.29, 0.717) is 18.3 Å². The van der Waals surface area contributed by atoms with Gasteiger partial charge in [0.15, 0.2) is 6.10 Å². The Bertz CT molecular complexity index is 375. The topological polar surface area (TPSA) is 35.5 Å². The summed E-state index contributed by atoms with van der Waals surface area (Å²) in [5, 5.41) is 0. The number of carbonyl (C=O) groups excluding carboxylic acids is 1. The van der Waals surface area contributed by atoms with Crippen molar-refractivity contribution in [2.75, 3.05) is 6.61 Å². The predicted molar refractivity (Wildman–Crippen MR) is 65.1 cm³/mol. The lowest BCUT2D eigenvalue weighted by Gasteiger charge is -2.10. The molecule has 1 aliphatic heterocycles. The Balaban J connectivity index is 1.96. The summed E-state index contributed by atoms with van der Waals surface area (Å²) in [7, 11) is 0. The molecule has 1 atom stereocenters. The number of esters is 1. The van der Waals surface area contributed by atoms with Crippen LogP contribution in [-0.4, -0.2) is 18.7 Å². The molecule has 0 radical (unpaired) electrons. The van der Waals surface area contributed by atoms with E-state index in [2.05, 4.69) is 13.8 Å². The fourth-order valence-corrected chi connectivity index (χ4v) is 1.87. The molecule has 0 aliphatic carbocycles. The van der Waals surface area contributed by atoms with E-state index in [-0.39, 0.29) is 12.1 Å². The van der Waals surface area contributed by atoms with Crippen molar-refractivity contribution in [1.29, 1.82) is 0 Å². The van der Waals surface area contributed by atoms with Gasteiger partial charge in [-0.05, 0) is 36.5 Å². The Labute approximate surface area is 102 Å². The second-order valence-corrected chi connectivity index (χ2v) is 4.65. The Morgan fingerprint density at radius 1 is 1.35 bits per heavy atom. The van der Waals surface area contributed by atoms with Gasteiger partial charge in [0, 0.05) is 6.61 Å². The third-order valence-electron chi connectivity index (χ3n) is 2.96. The first kappa shape index (κ1) is 12.1. The molecule has 1 aromatic carbocycles. The number of ether oxygens (including phenoxy) is 2. The van der Waals surface area contributed by atoms with E-state index in [0.717, 1.165) is 12.8 Å². The zero-order chi connectivity index (χ0) is 12.3. The van der Waals surface area contributed by atoms with Crippen LogP contribution in [0.15, 0.2) is 24.3 Å². The zero-order valence-corrected chi connectivity index (χ0v) is 10.3. The molecule has 3 heteroatoms. The molecule has 0 saturated carbocycles. The number of benzene rings is 1. The first-order valence-electron chi connectivity index (χ1n) is 6.10. The molecule has 1 saturated heterocycles. The Hall–Kier alpha value is -1.35. The van der Waals surface area contributed by atoms with Gasteiger partial charge in [0.2, 0.25) is 0 Å². The third-order valence-corrected chi connectivity index (χ3v) is 2.96. The molecular weight excluding hydrogens is 216 g/mol. The van der Waals surface area contributed by atoms with Gasteiger partial charge < -0.3 is 9.47 Å². The molecule has 2 rings (SSSR count). The summed E-state index contributed by atoms with van der Waals surface area (Å²) in [6.45, 7) is 4.92. The molecule has 0 amide bonds. The maximum Gasteiger partial charge on any atom is 0.340 e. The number of hydrogen-bond donors (Lipinski definition) is 0. The lowest BCUT2D eigenvalue weighted by Crippen LogP contribution is -2.24. The summed E-state index contributed by atoms with van der Waals surface area (Å²) in [4.78, 5) is 11.7. The average Bonchev–Trinajstić information content (AvgIpc) is 2.83.